The normalized spacial score (nSPS) is 22.6. The van der Waals surface area contributed by atoms with Crippen LogP contribution in [0, 0.1) is 5.41 Å². The summed E-state index contributed by atoms with van der Waals surface area (Å²) in [5.41, 5.74) is 2.05. The quantitative estimate of drug-likeness (QED) is 0.707. The number of allylic oxidation sites excluding steroid dienone is 2. The van der Waals surface area contributed by atoms with Gasteiger partial charge in [-0.3, -0.25) is 9.69 Å². The van der Waals surface area contributed by atoms with Crippen LogP contribution in [0.4, 0.5) is 0 Å². The maximum atomic E-state index is 11.9. The smallest absolute Gasteiger partial charge is 0.159 e. The molecule has 0 amide bonds. The average Bonchev–Trinajstić information content (AvgIpc) is 2.55. The van der Waals surface area contributed by atoms with Gasteiger partial charge in [-0.2, -0.15) is 0 Å². The molecule has 5 heteroatoms. The predicted molar refractivity (Wildman–Crippen MR) is 108 cm³/mol. The van der Waals surface area contributed by atoms with E-state index < -0.39 is 0 Å². The maximum Gasteiger partial charge on any atom is 0.159 e. The van der Waals surface area contributed by atoms with Gasteiger partial charge < -0.3 is 4.74 Å². The second-order valence-electron chi connectivity index (χ2n) is 7.65. The van der Waals surface area contributed by atoms with E-state index in [0.717, 1.165) is 37.3 Å². The van der Waals surface area contributed by atoms with Crippen LogP contribution in [0.2, 0.25) is 5.82 Å². The van der Waals surface area contributed by atoms with Crippen molar-refractivity contribution in [2.24, 2.45) is 5.41 Å². The summed E-state index contributed by atoms with van der Waals surface area (Å²) < 4.78 is 6.12. The number of carbonyl (C=O) groups excluding carboxylic acids is 1. The molecule has 26 heavy (non-hydrogen) atoms. The average molecular weight is 415 g/mol. The van der Waals surface area contributed by atoms with E-state index >= 15 is 0 Å². The molecule has 2 aliphatic rings. The molecule has 1 aliphatic heterocycles. The van der Waals surface area contributed by atoms with Crippen molar-refractivity contribution in [2.45, 2.75) is 45.2 Å². The Labute approximate surface area is 167 Å². The fourth-order valence-corrected chi connectivity index (χ4v) is 3.51. The first-order valence-corrected chi connectivity index (χ1v) is 10.6. The molecule has 0 fully saturated rings. The van der Waals surface area contributed by atoms with Crippen LogP contribution in [0.3, 0.4) is 0 Å². The van der Waals surface area contributed by atoms with Crippen molar-refractivity contribution in [3.63, 3.8) is 0 Å². The molecule has 0 bridgehead atoms. The number of ether oxygens (including phenoxy) is 1. The van der Waals surface area contributed by atoms with Gasteiger partial charge in [-0.05, 0) is 11.0 Å². The fourth-order valence-electron chi connectivity index (χ4n) is 3.51. The summed E-state index contributed by atoms with van der Waals surface area (Å²) in [7, 11) is 6.11. The molecule has 1 aliphatic carbocycles. The van der Waals surface area contributed by atoms with Gasteiger partial charge in [0.15, 0.2) is 5.78 Å². The first kappa shape index (κ1) is 21.0. The third-order valence-electron chi connectivity index (χ3n) is 4.42. The molecule has 3 rings (SSSR count). The summed E-state index contributed by atoms with van der Waals surface area (Å²) in [4.78, 5) is 14.2. The summed E-state index contributed by atoms with van der Waals surface area (Å²) in [6.07, 6.45) is 4.92. The molecule has 1 unspecified atom stereocenters. The second kappa shape index (κ2) is 9.59. The predicted octanol–water partition coefficient (Wildman–Crippen LogP) is 3.42. The minimum atomic E-state index is -0.101. The van der Waals surface area contributed by atoms with Crippen molar-refractivity contribution in [2.75, 3.05) is 13.1 Å². The van der Waals surface area contributed by atoms with Gasteiger partial charge in [0.2, 0.25) is 0 Å². The van der Waals surface area contributed by atoms with E-state index in [1.54, 1.807) is 6.08 Å². The Morgan fingerprint density at radius 2 is 1.92 bits per heavy atom. The van der Waals surface area contributed by atoms with Gasteiger partial charge in [-0.25, -0.2) is 0 Å². The number of carbonyl (C=O) groups is 1. The van der Waals surface area contributed by atoms with Crippen molar-refractivity contribution < 1.29 is 9.53 Å². The number of nitrogens with zero attached hydrogens (tertiary/aromatic N) is 1. The molecule has 1 heterocycles. The maximum absolute atomic E-state index is 11.9. The van der Waals surface area contributed by atoms with Crippen molar-refractivity contribution in [3.05, 3.63) is 59.3 Å². The third kappa shape index (κ3) is 6.46. The first-order valence-electron chi connectivity index (χ1n) is 8.93. The molecule has 1 aromatic rings. The van der Waals surface area contributed by atoms with Crippen molar-refractivity contribution in [1.82, 2.24) is 4.90 Å². The summed E-state index contributed by atoms with van der Waals surface area (Å²) in [5.74, 6) is 2.81. The van der Waals surface area contributed by atoms with Crippen LogP contribution < -0.4 is 0 Å². The van der Waals surface area contributed by atoms with E-state index in [1.807, 2.05) is 30.1 Å². The van der Waals surface area contributed by atoms with E-state index in [9.17, 15) is 4.79 Å². The topological polar surface area (TPSA) is 29.5 Å². The van der Waals surface area contributed by atoms with Gasteiger partial charge in [-0.1, -0.05) is 50.3 Å². The van der Waals surface area contributed by atoms with Crippen LogP contribution in [0.25, 0.3) is 0 Å². The number of ketones is 1. The SMILES string of the molecule is C[Se].[B]C1=CC(OC2=CC(=O)CC(C)(C)C2)CN(Cc2ccccc2)C1. The zero-order valence-electron chi connectivity index (χ0n) is 15.9. The molecule has 0 aromatic heterocycles. The minimum absolute atomic E-state index is 0.0329. The van der Waals surface area contributed by atoms with Gasteiger partial charge in [0.1, 0.15) is 19.7 Å². The molecule has 1 atom stereocenters. The standard InChI is InChI=1S/C20H24BNO2.CH3Se/c1-20(2)10-17(23)9-18(11-20)24-19-8-16(21)13-22(14-19)12-15-6-4-3-5-7-15;1-2/h3-9,19H,10-14H2,1-2H3;1H3. The summed E-state index contributed by atoms with van der Waals surface area (Å²) >= 11 is 2.62. The molecule has 0 saturated heterocycles. The minimum Gasteiger partial charge on any atom is -0.489 e. The van der Waals surface area contributed by atoms with Crippen LogP contribution in [0.1, 0.15) is 32.3 Å². The number of hydrogen-bond acceptors (Lipinski definition) is 3. The second-order valence-corrected chi connectivity index (χ2v) is 7.65. The Hall–Kier alpha value is -1.29. The molecule has 3 nitrogen and oxygen atoms in total. The van der Waals surface area contributed by atoms with Gasteiger partial charge in [0.25, 0.3) is 0 Å². The van der Waals surface area contributed by atoms with Crippen LogP contribution in [-0.4, -0.2) is 53.7 Å². The zero-order valence-corrected chi connectivity index (χ0v) is 17.6. The molecule has 0 saturated carbocycles. The Balaban J connectivity index is 0.00000117. The third-order valence-corrected chi connectivity index (χ3v) is 4.42. The summed E-state index contributed by atoms with van der Waals surface area (Å²) in [5, 5.41) is 0. The van der Waals surface area contributed by atoms with Gasteiger partial charge in [0, 0.05) is 38.6 Å². The number of benzene rings is 1. The molecule has 0 N–H and O–H groups in total. The van der Waals surface area contributed by atoms with E-state index in [0.29, 0.717) is 6.42 Å². The van der Waals surface area contributed by atoms with Gasteiger partial charge in [0.05, 0.1) is 0 Å². The van der Waals surface area contributed by atoms with Gasteiger partial charge in [-0.15, -0.1) is 5.47 Å². The Bertz CT molecular complexity index is 670. The number of rotatable bonds is 4. The Morgan fingerprint density at radius 1 is 1.23 bits per heavy atom. The largest absolute Gasteiger partial charge is 0.489 e. The van der Waals surface area contributed by atoms with E-state index in [2.05, 4.69) is 46.9 Å². The van der Waals surface area contributed by atoms with Crippen LogP contribution >= 0.6 is 0 Å². The molecule has 137 valence electrons. The number of hydrogen-bond donors (Lipinski definition) is 0. The van der Waals surface area contributed by atoms with Crippen LogP contribution in [0.5, 0.6) is 0 Å². The molecular formula is C21H27BNO2Se. The molecular weight excluding hydrogens is 388 g/mol. The van der Waals surface area contributed by atoms with E-state index in [1.165, 1.54) is 5.56 Å². The molecule has 1 aromatic carbocycles. The van der Waals surface area contributed by atoms with Gasteiger partial charge >= 0.3 is 21.8 Å². The van der Waals surface area contributed by atoms with Crippen molar-refractivity contribution >= 4 is 29.6 Å². The van der Waals surface area contributed by atoms with Crippen LogP contribution in [-0.2, 0) is 16.1 Å². The summed E-state index contributed by atoms with van der Waals surface area (Å²) in [6, 6.07) is 10.4. The van der Waals surface area contributed by atoms with Crippen molar-refractivity contribution in [3.8, 4) is 0 Å². The Morgan fingerprint density at radius 3 is 2.58 bits per heavy atom. The van der Waals surface area contributed by atoms with Crippen LogP contribution in [0.15, 0.2) is 53.7 Å². The molecule has 3 radical (unpaired) electrons. The zero-order chi connectivity index (χ0) is 19.2. The Kier molecular flexibility index (Phi) is 7.75. The van der Waals surface area contributed by atoms with Crippen molar-refractivity contribution in [1.29, 1.82) is 0 Å². The van der Waals surface area contributed by atoms with E-state index in [-0.39, 0.29) is 17.3 Å². The monoisotopic (exact) mass is 416 g/mol. The molecule has 0 spiro atoms. The first-order chi connectivity index (χ1) is 12.4. The summed E-state index contributed by atoms with van der Waals surface area (Å²) in [6.45, 7) is 6.58. The van der Waals surface area contributed by atoms with E-state index in [4.69, 9.17) is 12.6 Å². The fraction of sp³-hybridized carbons (Fsp3) is 0.476.